The highest BCUT2D eigenvalue weighted by Gasteiger charge is 2.32. The molecule has 0 heterocycles. The number of methoxy groups -OCH3 is 1. The van der Waals surface area contributed by atoms with E-state index in [1.807, 2.05) is 0 Å². The number of ether oxygens (including phenoxy) is 2. The van der Waals surface area contributed by atoms with Crippen molar-refractivity contribution in [1.29, 1.82) is 0 Å². The van der Waals surface area contributed by atoms with Crippen LogP contribution in [-0.2, 0) is 11.2 Å². The molecule has 1 aromatic carbocycles. The first kappa shape index (κ1) is 13.3. The van der Waals surface area contributed by atoms with Crippen molar-refractivity contribution in [3.8, 4) is 11.5 Å². The zero-order valence-corrected chi connectivity index (χ0v) is 9.08. The number of hydrogen-bond donors (Lipinski definition) is 0. The Morgan fingerprint density at radius 1 is 1.29 bits per heavy atom. The lowest BCUT2D eigenvalue weighted by Gasteiger charge is -2.15. The van der Waals surface area contributed by atoms with Gasteiger partial charge in [0.15, 0.2) is 0 Å². The van der Waals surface area contributed by atoms with Crippen molar-refractivity contribution in [2.45, 2.75) is 19.2 Å². The number of carbonyl (C=O) groups is 1. The van der Waals surface area contributed by atoms with Gasteiger partial charge >= 0.3 is 6.36 Å². The molecular weight excluding hydrogens is 237 g/mol. The van der Waals surface area contributed by atoms with E-state index in [0.29, 0.717) is 6.29 Å². The van der Waals surface area contributed by atoms with E-state index in [4.69, 9.17) is 4.74 Å². The van der Waals surface area contributed by atoms with Crippen molar-refractivity contribution in [1.82, 2.24) is 0 Å². The predicted octanol–water partition coefficient (Wildman–Crippen LogP) is 2.73. The lowest BCUT2D eigenvalue weighted by atomic mass is 10.1. The van der Waals surface area contributed by atoms with Gasteiger partial charge in [-0.3, -0.25) is 0 Å². The molecule has 0 saturated carbocycles. The molecule has 0 aliphatic heterocycles. The van der Waals surface area contributed by atoms with Crippen molar-refractivity contribution in [3.63, 3.8) is 0 Å². The molecule has 0 spiro atoms. The third-order valence-corrected chi connectivity index (χ3v) is 2.05. The highest BCUT2D eigenvalue weighted by Crippen LogP contribution is 2.33. The van der Waals surface area contributed by atoms with Crippen molar-refractivity contribution in [2.75, 3.05) is 7.11 Å². The maximum Gasteiger partial charge on any atom is 0.573 e. The molecule has 0 fully saturated rings. The standard InChI is InChI=1S/C11H11F3O3/c1-16-9-5-2-6-10(17-11(12,13)14)8(9)4-3-7-15/h2,5-7H,3-4H2,1H3. The van der Waals surface area contributed by atoms with Crippen molar-refractivity contribution < 1.29 is 27.4 Å². The van der Waals surface area contributed by atoms with Gasteiger partial charge in [-0.05, 0) is 18.6 Å². The van der Waals surface area contributed by atoms with Gasteiger partial charge in [-0.1, -0.05) is 6.07 Å². The molecule has 1 rings (SSSR count). The van der Waals surface area contributed by atoms with Crippen LogP contribution < -0.4 is 9.47 Å². The summed E-state index contributed by atoms with van der Waals surface area (Å²) in [5.74, 6) is -0.0627. The molecule has 0 unspecified atom stereocenters. The van der Waals surface area contributed by atoms with E-state index >= 15 is 0 Å². The van der Waals surface area contributed by atoms with Crippen molar-refractivity contribution in [3.05, 3.63) is 23.8 Å². The van der Waals surface area contributed by atoms with Crippen LogP contribution in [0.4, 0.5) is 13.2 Å². The third-order valence-electron chi connectivity index (χ3n) is 2.05. The summed E-state index contributed by atoms with van der Waals surface area (Å²) in [7, 11) is 1.34. The highest BCUT2D eigenvalue weighted by atomic mass is 19.4. The zero-order chi connectivity index (χ0) is 12.9. The SMILES string of the molecule is COc1cccc(OC(F)(F)F)c1CCC=O. The van der Waals surface area contributed by atoms with Gasteiger partial charge in [-0.25, -0.2) is 0 Å². The van der Waals surface area contributed by atoms with E-state index in [0.717, 1.165) is 0 Å². The number of carbonyl (C=O) groups excluding carboxylic acids is 1. The van der Waals surface area contributed by atoms with Crippen LogP contribution in [0.15, 0.2) is 18.2 Å². The van der Waals surface area contributed by atoms with Gasteiger partial charge in [0.05, 0.1) is 7.11 Å². The molecule has 0 aliphatic rings. The van der Waals surface area contributed by atoms with Crippen molar-refractivity contribution >= 4 is 6.29 Å². The van der Waals surface area contributed by atoms with Crippen LogP contribution in [0.25, 0.3) is 0 Å². The quantitative estimate of drug-likeness (QED) is 0.751. The van der Waals surface area contributed by atoms with Crippen molar-refractivity contribution in [2.24, 2.45) is 0 Å². The molecule has 0 bridgehead atoms. The monoisotopic (exact) mass is 248 g/mol. The Balaban J connectivity index is 3.05. The zero-order valence-electron chi connectivity index (χ0n) is 9.08. The molecule has 1 aromatic rings. The Kier molecular flexibility index (Phi) is 4.37. The minimum Gasteiger partial charge on any atom is -0.496 e. The summed E-state index contributed by atoms with van der Waals surface area (Å²) in [6, 6.07) is 4.10. The fraction of sp³-hybridized carbons (Fsp3) is 0.364. The topological polar surface area (TPSA) is 35.5 Å². The number of benzene rings is 1. The summed E-state index contributed by atoms with van der Waals surface area (Å²) in [6.07, 6.45) is -3.89. The second kappa shape index (κ2) is 5.56. The lowest BCUT2D eigenvalue weighted by Crippen LogP contribution is -2.18. The normalized spacial score (nSPS) is 11.1. The molecule has 0 aliphatic carbocycles. The first-order valence-corrected chi connectivity index (χ1v) is 4.83. The van der Waals surface area contributed by atoms with Gasteiger partial charge in [0, 0.05) is 12.0 Å². The van der Waals surface area contributed by atoms with Gasteiger partial charge in [-0.15, -0.1) is 13.2 Å². The van der Waals surface area contributed by atoms with E-state index in [1.54, 1.807) is 0 Å². The highest BCUT2D eigenvalue weighted by molar-refractivity contribution is 5.53. The smallest absolute Gasteiger partial charge is 0.496 e. The Morgan fingerprint density at radius 2 is 1.94 bits per heavy atom. The van der Waals surface area contributed by atoms with Crippen LogP contribution in [-0.4, -0.2) is 19.8 Å². The molecule has 0 N–H and O–H groups in total. The van der Waals surface area contributed by atoms with Crippen LogP contribution in [0.3, 0.4) is 0 Å². The van der Waals surface area contributed by atoms with E-state index in [9.17, 15) is 18.0 Å². The summed E-state index contributed by atoms with van der Waals surface area (Å²) in [4.78, 5) is 10.3. The maximum absolute atomic E-state index is 12.1. The second-order valence-electron chi connectivity index (χ2n) is 3.19. The molecular formula is C11H11F3O3. The first-order chi connectivity index (χ1) is 7.98. The minimum absolute atomic E-state index is 0.106. The molecule has 17 heavy (non-hydrogen) atoms. The Morgan fingerprint density at radius 3 is 2.47 bits per heavy atom. The van der Waals surface area contributed by atoms with Gasteiger partial charge in [0.1, 0.15) is 17.8 Å². The van der Waals surface area contributed by atoms with Gasteiger partial charge in [0.2, 0.25) is 0 Å². The van der Waals surface area contributed by atoms with Gasteiger partial charge in [-0.2, -0.15) is 0 Å². The van der Waals surface area contributed by atoms with E-state index in [2.05, 4.69) is 4.74 Å². The van der Waals surface area contributed by atoms with Crippen LogP contribution in [0.2, 0.25) is 0 Å². The summed E-state index contributed by atoms with van der Waals surface area (Å²) >= 11 is 0. The molecule has 0 radical (unpaired) electrons. The Labute approximate surface area is 96.1 Å². The molecule has 3 nitrogen and oxygen atoms in total. The average molecular weight is 248 g/mol. The first-order valence-electron chi connectivity index (χ1n) is 4.83. The molecule has 94 valence electrons. The summed E-state index contributed by atoms with van der Waals surface area (Å²) in [5, 5.41) is 0. The van der Waals surface area contributed by atoms with E-state index < -0.39 is 6.36 Å². The van der Waals surface area contributed by atoms with Crippen LogP contribution in [0.5, 0.6) is 11.5 Å². The maximum atomic E-state index is 12.1. The Bertz CT molecular complexity index is 388. The summed E-state index contributed by atoms with van der Waals surface area (Å²) in [5.41, 5.74) is 0.236. The largest absolute Gasteiger partial charge is 0.573 e. The molecule has 0 aromatic heterocycles. The minimum atomic E-state index is -4.76. The van der Waals surface area contributed by atoms with Crippen LogP contribution in [0, 0.1) is 0 Å². The molecule has 6 heteroatoms. The number of aldehydes is 1. The molecule has 0 amide bonds. The number of alkyl halides is 3. The van der Waals surface area contributed by atoms with Gasteiger partial charge in [0.25, 0.3) is 0 Å². The van der Waals surface area contributed by atoms with Crippen LogP contribution in [0.1, 0.15) is 12.0 Å². The van der Waals surface area contributed by atoms with Gasteiger partial charge < -0.3 is 14.3 Å². The van der Waals surface area contributed by atoms with E-state index in [-0.39, 0.29) is 29.9 Å². The number of rotatable bonds is 5. The molecule has 0 atom stereocenters. The number of hydrogen-bond acceptors (Lipinski definition) is 3. The van der Waals surface area contributed by atoms with Crippen LogP contribution >= 0.6 is 0 Å². The second-order valence-corrected chi connectivity index (χ2v) is 3.19. The van der Waals surface area contributed by atoms with E-state index in [1.165, 1.54) is 25.3 Å². The average Bonchev–Trinajstić information content (AvgIpc) is 2.25. The molecule has 0 saturated heterocycles. The fourth-order valence-corrected chi connectivity index (χ4v) is 1.41. The third kappa shape index (κ3) is 3.97. The summed E-state index contributed by atoms with van der Waals surface area (Å²) in [6.45, 7) is 0. The fourth-order valence-electron chi connectivity index (χ4n) is 1.41. The summed E-state index contributed by atoms with van der Waals surface area (Å²) < 4.78 is 45.3. The predicted molar refractivity (Wildman–Crippen MR) is 54.1 cm³/mol. The number of halogens is 3. The Hall–Kier alpha value is -1.72. The lowest BCUT2D eigenvalue weighted by molar-refractivity contribution is -0.274.